The molecule has 1 atom stereocenters. The molecule has 0 heterocycles. The molecule has 13 heavy (non-hydrogen) atoms. The predicted molar refractivity (Wildman–Crippen MR) is 49.4 cm³/mol. The number of Topliss-reactive ketones (excluding diaryl/α,β-unsaturated/α-hetero) is 1. The molecule has 0 saturated carbocycles. The lowest BCUT2D eigenvalue weighted by Gasteiger charge is -2.23. The van der Waals surface area contributed by atoms with E-state index in [9.17, 15) is 9.59 Å². The van der Waals surface area contributed by atoms with Crippen LogP contribution in [-0.4, -0.2) is 43.4 Å². The quantitative estimate of drug-likeness (QED) is 0.587. The maximum atomic E-state index is 11.3. The first kappa shape index (κ1) is 12.1. The summed E-state index contributed by atoms with van der Waals surface area (Å²) < 4.78 is 4.90. The van der Waals surface area contributed by atoms with Gasteiger partial charge in [0.2, 0.25) is 5.91 Å². The summed E-state index contributed by atoms with van der Waals surface area (Å²) in [6, 6.07) is 0.0110. The summed E-state index contributed by atoms with van der Waals surface area (Å²) in [4.78, 5) is 23.5. The third-order valence-electron chi connectivity index (χ3n) is 1.86. The van der Waals surface area contributed by atoms with Crippen molar-refractivity contribution in [1.29, 1.82) is 0 Å². The normalized spacial score (nSPS) is 12.3. The van der Waals surface area contributed by atoms with Gasteiger partial charge in [0.05, 0.1) is 19.1 Å². The maximum Gasteiger partial charge on any atom is 0.230 e. The van der Waals surface area contributed by atoms with Gasteiger partial charge in [0.25, 0.3) is 0 Å². The van der Waals surface area contributed by atoms with Crippen molar-refractivity contribution in [3.8, 4) is 0 Å². The molecule has 0 aliphatic rings. The Bertz CT molecular complexity index is 191. The smallest absolute Gasteiger partial charge is 0.230 e. The Balaban J connectivity index is 4.01. The topological polar surface area (TPSA) is 46.6 Å². The second kappa shape index (κ2) is 5.70. The summed E-state index contributed by atoms with van der Waals surface area (Å²) >= 11 is 0. The number of carbonyl (C=O) groups is 2. The van der Waals surface area contributed by atoms with E-state index in [1.807, 2.05) is 6.92 Å². The van der Waals surface area contributed by atoms with Gasteiger partial charge in [-0.3, -0.25) is 9.59 Å². The van der Waals surface area contributed by atoms with Crippen LogP contribution in [0.3, 0.4) is 0 Å². The predicted octanol–water partition coefficient (Wildman–Crippen LogP) is 0.459. The van der Waals surface area contributed by atoms with E-state index < -0.39 is 0 Å². The van der Waals surface area contributed by atoms with Crippen molar-refractivity contribution in [1.82, 2.24) is 4.90 Å². The molecule has 4 heteroatoms. The Kier molecular flexibility index (Phi) is 5.30. The average molecular weight is 187 g/mol. The fourth-order valence-electron chi connectivity index (χ4n) is 0.936. The van der Waals surface area contributed by atoms with Crippen molar-refractivity contribution in [2.75, 3.05) is 20.8 Å². The summed E-state index contributed by atoms with van der Waals surface area (Å²) in [6.07, 6.45) is -0.0233. The Morgan fingerprint density at radius 2 is 2.00 bits per heavy atom. The monoisotopic (exact) mass is 187 g/mol. The molecular weight excluding hydrogens is 170 g/mol. The van der Waals surface area contributed by atoms with Crippen molar-refractivity contribution >= 4 is 11.7 Å². The van der Waals surface area contributed by atoms with E-state index in [1.54, 1.807) is 14.2 Å². The molecular formula is C9H17NO3. The molecule has 0 N–H and O–H groups in total. The molecule has 1 unspecified atom stereocenters. The first-order valence-electron chi connectivity index (χ1n) is 4.23. The molecule has 0 aromatic rings. The number of methoxy groups -OCH3 is 1. The number of ketones is 1. The van der Waals surface area contributed by atoms with Crippen molar-refractivity contribution in [3.05, 3.63) is 0 Å². The highest BCUT2D eigenvalue weighted by atomic mass is 16.5. The summed E-state index contributed by atoms with van der Waals surface area (Å²) in [5.74, 6) is -0.265. The molecule has 0 fully saturated rings. The van der Waals surface area contributed by atoms with E-state index in [0.717, 1.165) is 0 Å². The summed E-state index contributed by atoms with van der Waals surface area (Å²) in [7, 11) is 3.26. The van der Waals surface area contributed by atoms with E-state index in [4.69, 9.17) is 4.74 Å². The van der Waals surface area contributed by atoms with Gasteiger partial charge < -0.3 is 9.64 Å². The number of rotatable bonds is 5. The first-order valence-corrected chi connectivity index (χ1v) is 4.23. The van der Waals surface area contributed by atoms with Gasteiger partial charge in [-0.25, -0.2) is 0 Å². The molecule has 0 saturated heterocycles. The van der Waals surface area contributed by atoms with E-state index in [1.165, 1.54) is 11.8 Å². The summed E-state index contributed by atoms with van der Waals surface area (Å²) in [5, 5.41) is 0. The first-order chi connectivity index (χ1) is 5.99. The minimum Gasteiger partial charge on any atom is -0.383 e. The van der Waals surface area contributed by atoms with Crippen LogP contribution in [0.2, 0.25) is 0 Å². The molecule has 0 rings (SSSR count). The molecule has 0 aromatic heterocycles. The molecule has 0 aliphatic carbocycles. The highest BCUT2D eigenvalue weighted by molar-refractivity contribution is 5.96. The van der Waals surface area contributed by atoms with E-state index in [0.29, 0.717) is 6.61 Å². The summed E-state index contributed by atoms with van der Waals surface area (Å²) in [6.45, 7) is 3.77. The van der Waals surface area contributed by atoms with E-state index in [2.05, 4.69) is 0 Å². The van der Waals surface area contributed by atoms with Crippen molar-refractivity contribution in [2.45, 2.75) is 26.3 Å². The van der Waals surface area contributed by atoms with Crippen LogP contribution < -0.4 is 0 Å². The minimum atomic E-state index is -0.156. The number of ether oxygens (including phenoxy) is 1. The van der Waals surface area contributed by atoms with Crippen LogP contribution in [0.4, 0.5) is 0 Å². The van der Waals surface area contributed by atoms with Gasteiger partial charge in [0, 0.05) is 14.2 Å². The zero-order valence-corrected chi connectivity index (χ0v) is 8.66. The average Bonchev–Trinajstić information content (AvgIpc) is 2.02. The maximum absolute atomic E-state index is 11.3. The zero-order valence-electron chi connectivity index (χ0n) is 8.66. The number of likely N-dealkylation sites (N-methyl/N-ethyl adjacent to an activating group) is 1. The SMILES string of the molecule is COCC(C)N(C)C(=O)CC(C)=O. The van der Waals surface area contributed by atoms with Crippen molar-refractivity contribution < 1.29 is 14.3 Å². The van der Waals surface area contributed by atoms with E-state index in [-0.39, 0.29) is 24.2 Å². The minimum absolute atomic E-state index is 0.0110. The number of carbonyl (C=O) groups excluding carboxylic acids is 2. The number of amides is 1. The van der Waals surface area contributed by atoms with Crippen molar-refractivity contribution in [3.63, 3.8) is 0 Å². The molecule has 4 nitrogen and oxygen atoms in total. The molecule has 0 radical (unpaired) electrons. The lowest BCUT2D eigenvalue weighted by Crippen LogP contribution is -2.38. The molecule has 0 aliphatic heterocycles. The fraction of sp³-hybridized carbons (Fsp3) is 0.778. The molecule has 0 spiro atoms. The third-order valence-corrected chi connectivity index (χ3v) is 1.86. The molecule has 76 valence electrons. The highest BCUT2D eigenvalue weighted by Crippen LogP contribution is 1.99. The lowest BCUT2D eigenvalue weighted by atomic mass is 10.2. The fourth-order valence-corrected chi connectivity index (χ4v) is 0.936. The largest absolute Gasteiger partial charge is 0.383 e. The van der Waals surface area contributed by atoms with Crippen LogP contribution in [0, 0.1) is 0 Å². The lowest BCUT2D eigenvalue weighted by molar-refractivity contribution is -0.135. The molecule has 0 bridgehead atoms. The van der Waals surface area contributed by atoms with Gasteiger partial charge in [0.1, 0.15) is 5.78 Å². The third kappa shape index (κ3) is 4.62. The van der Waals surface area contributed by atoms with Crippen LogP contribution in [0.25, 0.3) is 0 Å². The van der Waals surface area contributed by atoms with Crippen LogP contribution in [-0.2, 0) is 14.3 Å². The summed E-state index contributed by atoms with van der Waals surface area (Å²) in [5.41, 5.74) is 0. The second-order valence-corrected chi connectivity index (χ2v) is 3.19. The Labute approximate surface area is 78.9 Å². The number of hydrogen-bond donors (Lipinski definition) is 0. The van der Waals surface area contributed by atoms with Crippen molar-refractivity contribution in [2.24, 2.45) is 0 Å². The van der Waals surface area contributed by atoms with Gasteiger partial charge in [-0.15, -0.1) is 0 Å². The number of nitrogens with zero attached hydrogens (tertiary/aromatic N) is 1. The Morgan fingerprint density at radius 3 is 2.38 bits per heavy atom. The highest BCUT2D eigenvalue weighted by Gasteiger charge is 2.16. The Hall–Kier alpha value is -0.900. The molecule has 0 aromatic carbocycles. The van der Waals surface area contributed by atoms with Crippen LogP contribution in [0.15, 0.2) is 0 Å². The second-order valence-electron chi connectivity index (χ2n) is 3.19. The van der Waals surface area contributed by atoms with Gasteiger partial charge >= 0.3 is 0 Å². The van der Waals surface area contributed by atoms with Crippen LogP contribution in [0.1, 0.15) is 20.3 Å². The zero-order chi connectivity index (χ0) is 10.4. The number of hydrogen-bond acceptors (Lipinski definition) is 3. The van der Waals surface area contributed by atoms with E-state index >= 15 is 0 Å². The van der Waals surface area contributed by atoms with Gasteiger partial charge in [0.15, 0.2) is 0 Å². The van der Waals surface area contributed by atoms with Gasteiger partial charge in [-0.2, -0.15) is 0 Å². The Morgan fingerprint density at radius 1 is 1.46 bits per heavy atom. The molecule has 1 amide bonds. The van der Waals surface area contributed by atoms with Gasteiger partial charge in [-0.05, 0) is 13.8 Å². The van der Waals surface area contributed by atoms with Crippen LogP contribution in [0.5, 0.6) is 0 Å². The van der Waals surface area contributed by atoms with Gasteiger partial charge in [-0.1, -0.05) is 0 Å². The van der Waals surface area contributed by atoms with Crippen LogP contribution >= 0.6 is 0 Å². The standard InChI is InChI=1S/C9H17NO3/c1-7(6-13-4)10(3)9(12)5-8(2)11/h7H,5-6H2,1-4H3.